The number of esters is 1. The molecule has 1 aliphatic heterocycles. The van der Waals surface area contributed by atoms with E-state index in [4.69, 9.17) is 15.5 Å². The molecule has 0 aliphatic carbocycles. The van der Waals surface area contributed by atoms with Crippen molar-refractivity contribution in [3.63, 3.8) is 0 Å². The Morgan fingerprint density at radius 1 is 1.03 bits per heavy atom. The van der Waals surface area contributed by atoms with Crippen LogP contribution in [0.4, 0.5) is 16.2 Å². The van der Waals surface area contributed by atoms with E-state index in [1.807, 2.05) is 54.6 Å². The number of anilines is 1. The van der Waals surface area contributed by atoms with Crippen molar-refractivity contribution in [1.29, 1.82) is 0 Å². The molecule has 0 spiro atoms. The van der Waals surface area contributed by atoms with Crippen LogP contribution in [0.25, 0.3) is 0 Å². The van der Waals surface area contributed by atoms with Crippen molar-refractivity contribution in [3.05, 3.63) is 95.1 Å². The molecule has 0 saturated carbocycles. The number of carbonyl (C=O) groups is 3. The SMILES string of the molecule is COC(=O)c1ccc2c(c1)NC(=O)C2C(=Nc1ccc(CN(C)C(N)=O)cc1)c1ccccc1. The number of fused-ring (bicyclic) bond motifs is 1. The lowest BCUT2D eigenvalue weighted by Gasteiger charge is -2.15. The maximum atomic E-state index is 13.1. The van der Waals surface area contributed by atoms with Crippen molar-refractivity contribution in [3.8, 4) is 0 Å². The van der Waals surface area contributed by atoms with E-state index in [-0.39, 0.29) is 5.91 Å². The van der Waals surface area contributed by atoms with Crippen LogP contribution in [0.15, 0.2) is 77.8 Å². The summed E-state index contributed by atoms with van der Waals surface area (Å²) < 4.78 is 4.79. The third-order valence-electron chi connectivity index (χ3n) is 5.63. The minimum atomic E-state index is -0.648. The molecule has 3 N–H and O–H groups in total. The summed E-state index contributed by atoms with van der Waals surface area (Å²) in [4.78, 5) is 42.5. The molecule has 0 aromatic heterocycles. The van der Waals surface area contributed by atoms with E-state index in [0.717, 1.165) is 16.7 Å². The Balaban J connectivity index is 1.73. The highest BCUT2D eigenvalue weighted by Crippen LogP contribution is 2.37. The molecule has 8 nitrogen and oxygen atoms in total. The van der Waals surface area contributed by atoms with Crippen LogP contribution in [0.2, 0.25) is 0 Å². The molecule has 0 fully saturated rings. The molecule has 0 bridgehead atoms. The van der Waals surface area contributed by atoms with Gasteiger partial charge in [-0.1, -0.05) is 48.5 Å². The molecule has 8 heteroatoms. The van der Waals surface area contributed by atoms with Crippen LogP contribution >= 0.6 is 0 Å². The quantitative estimate of drug-likeness (QED) is 0.433. The Morgan fingerprint density at radius 3 is 2.38 bits per heavy atom. The summed E-state index contributed by atoms with van der Waals surface area (Å²) in [5, 5.41) is 2.87. The predicted molar refractivity (Wildman–Crippen MR) is 129 cm³/mol. The van der Waals surface area contributed by atoms with Gasteiger partial charge >= 0.3 is 12.0 Å². The van der Waals surface area contributed by atoms with Crippen LogP contribution in [-0.4, -0.2) is 42.7 Å². The summed E-state index contributed by atoms with van der Waals surface area (Å²) in [6.07, 6.45) is 0. The summed E-state index contributed by atoms with van der Waals surface area (Å²) in [7, 11) is 2.94. The summed E-state index contributed by atoms with van der Waals surface area (Å²) in [5.41, 5.74) is 9.92. The maximum Gasteiger partial charge on any atom is 0.337 e. The van der Waals surface area contributed by atoms with Crippen molar-refractivity contribution >= 4 is 35.0 Å². The number of benzene rings is 3. The zero-order chi connectivity index (χ0) is 24.2. The van der Waals surface area contributed by atoms with Gasteiger partial charge in [0, 0.05) is 19.3 Å². The Hall–Kier alpha value is -4.46. The first-order chi connectivity index (χ1) is 16.4. The molecule has 1 unspecified atom stereocenters. The van der Waals surface area contributed by atoms with Crippen LogP contribution in [0.5, 0.6) is 0 Å². The van der Waals surface area contributed by atoms with E-state index in [1.54, 1.807) is 25.2 Å². The second-order valence-corrected chi connectivity index (χ2v) is 7.94. The van der Waals surface area contributed by atoms with Crippen molar-refractivity contribution < 1.29 is 19.1 Å². The average molecular weight is 457 g/mol. The highest BCUT2D eigenvalue weighted by atomic mass is 16.5. The van der Waals surface area contributed by atoms with E-state index >= 15 is 0 Å². The van der Waals surface area contributed by atoms with Gasteiger partial charge in [0.1, 0.15) is 5.92 Å². The Morgan fingerprint density at radius 2 is 1.74 bits per heavy atom. The zero-order valence-corrected chi connectivity index (χ0v) is 18.8. The van der Waals surface area contributed by atoms with Crippen molar-refractivity contribution in [2.24, 2.45) is 10.7 Å². The second kappa shape index (κ2) is 9.58. The van der Waals surface area contributed by atoms with E-state index < -0.39 is 17.9 Å². The molecule has 1 aliphatic rings. The van der Waals surface area contributed by atoms with Crippen LogP contribution in [0.1, 0.15) is 33.0 Å². The lowest BCUT2D eigenvalue weighted by atomic mass is 9.90. The molecule has 34 heavy (non-hydrogen) atoms. The highest BCUT2D eigenvalue weighted by molar-refractivity contribution is 6.24. The van der Waals surface area contributed by atoms with Crippen LogP contribution in [0.3, 0.4) is 0 Å². The van der Waals surface area contributed by atoms with Crippen molar-refractivity contribution in [2.45, 2.75) is 12.5 Å². The van der Waals surface area contributed by atoms with Gasteiger partial charge in [-0.15, -0.1) is 0 Å². The number of nitrogens with one attached hydrogen (secondary N) is 1. The number of carbonyl (C=O) groups excluding carboxylic acids is 3. The highest BCUT2D eigenvalue weighted by Gasteiger charge is 2.36. The molecule has 172 valence electrons. The number of methoxy groups -OCH3 is 1. The fraction of sp³-hybridized carbons (Fsp3) is 0.154. The molecule has 0 radical (unpaired) electrons. The minimum Gasteiger partial charge on any atom is -0.465 e. The molecule has 3 aromatic carbocycles. The van der Waals surface area contributed by atoms with Gasteiger partial charge in [-0.2, -0.15) is 0 Å². The molecule has 1 heterocycles. The second-order valence-electron chi connectivity index (χ2n) is 7.94. The first kappa shape index (κ1) is 22.7. The number of urea groups is 1. The van der Waals surface area contributed by atoms with Gasteiger partial charge in [0.25, 0.3) is 0 Å². The van der Waals surface area contributed by atoms with Crippen LogP contribution < -0.4 is 11.1 Å². The number of nitrogens with two attached hydrogens (primary N) is 1. The number of hydrogen-bond acceptors (Lipinski definition) is 5. The van der Waals surface area contributed by atoms with Crippen molar-refractivity contribution in [1.82, 2.24) is 4.90 Å². The number of ether oxygens (including phenoxy) is 1. The van der Waals surface area contributed by atoms with Gasteiger partial charge in [0.15, 0.2) is 0 Å². The zero-order valence-electron chi connectivity index (χ0n) is 18.8. The van der Waals surface area contributed by atoms with Crippen LogP contribution in [0, 0.1) is 0 Å². The molecular weight excluding hydrogens is 432 g/mol. The largest absolute Gasteiger partial charge is 0.465 e. The van der Waals surface area contributed by atoms with Gasteiger partial charge in [-0.05, 0) is 41.0 Å². The number of primary amides is 1. The lowest BCUT2D eigenvalue weighted by molar-refractivity contribution is -0.115. The summed E-state index contributed by atoms with van der Waals surface area (Å²) in [5.74, 6) is -1.34. The lowest BCUT2D eigenvalue weighted by Crippen LogP contribution is -2.31. The minimum absolute atomic E-state index is 0.223. The smallest absolute Gasteiger partial charge is 0.337 e. The number of aliphatic imine (C=N–C) groups is 1. The van der Waals surface area contributed by atoms with Gasteiger partial charge in [-0.25, -0.2) is 9.59 Å². The Kier molecular flexibility index (Phi) is 6.40. The Labute approximate surface area is 197 Å². The molecule has 4 rings (SSSR count). The van der Waals surface area contributed by atoms with Gasteiger partial charge in [0.2, 0.25) is 5.91 Å². The fourth-order valence-corrected chi connectivity index (χ4v) is 3.85. The van der Waals surface area contributed by atoms with Gasteiger partial charge < -0.3 is 20.7 Å². The predicted octanol–water partition coefficient (Wildman–Crippen LogP) is 3.84. The third kappa shape index (κ3) is 4.66. The number of amides is 3. The number of nitrogens with zero attached hydrogens (tertiary/aromatic N) is 2. The fourth-order valence-electron chi connectivity index (χ4n) is 3.85. The third-order valence-corrected chi connectivity index (χ3v) is 5.63. The first-order valence-electron chi connectivity index (χ1n) is 10.6. The van der Waals surface area contributed by atoms with Crippen LogP contribution in [-0.2, 0) is 16.1 Å². The topological polar surface area (TPSA) is 114 Å². The number of rotatable bonds is 6. The molecule has 0 saturated heterocycles. The van der Waals surface area contributed by atoms with E-state index in [0.29, 0.717) is 29.2 Å². The molecular formula is C26H24N4O4. The molecule has 1 atom stereocenters. The first-order valence-corrected chi connectivity index (χ1v) is 10.6. The van der Waals surface area contributed by atoms with Gasteiger partial charge in [-0.3, -0.25) is 9.79 Å². The Bertz CT molecular complexity index is 1270. The average Bonchev–Trinajstić information content (AvgIpc) is 3.18. The van der Waals surface area contributed by atoms with Crippen molar-refractivity contribution in [2.75, 3.05) is 19.5 Å². The van der Waals surface area contributed by atoms with Gasteiger partial charge in [0.05, 0.1) is 24.1 Å². The molecule has 3 amide bonds. The maximum absolute atomic E-state index is 13.1. The summed E-state index contributed by atoms with van der Waals surface area (Å²) in [6, 6.07) is 21.4. The standard InChI is InChI=1S/C26H24N4O4/c1-30(26(27)33)15-16-8-11-19(12-9-16)28-23(17-6-4-3-5-7-17)22-20-13-10-18(25(32)34-2)14-21(20)29-24(22)31/h3-14,22H,15H2,1-2H3,(H2,27,33)(H,29,31). The molecule has 3 aromatic rings. The normalized spacial score (nSPS) is 14.8. The van der Waals surface area contributed by atoms with E-state index in [1.165, 1.54) is 12.0 Å². The summed E-state index contributed by atoms with van der Waals surface area (Å²) >= 11 is 0. The van der Waals surface area contributed by atoms with E-state index in [9.17, 15) is 14.4 Å². The van der Waals surface area contributed by atoms with E-state index in [2.05, 4.69) is 5.32 Å². The summed E-state index contributed by atoms with van der Waals surface area (Å²) in [6.45, 7) is 0.381. The monoisotopic (exact) mass is 456 g/mol. The number of hydrogen-bond donors (Lipinski definition) is 2.